The molecule has 7 nitrogen and oxygen atoms in total. The maximum Gasteiger partial charge on any atom is 0.311 e. The van der Waals surface area contributed by atoms with E-state index in [9.17, 15) is 9.90 Å². The van der Waals surface area contributed by atoms with Gasteiger partial charge in [-0.3, -0.25) is 4.79 Å². The molecule has 1 saturated heterocycles. The number of aromatic nitrogens is 2. The topological polar surface area (TPSA) is 84.8 Å². The Kier molecular flexibility index (Phi) is 4.39. The second-order valence-electron chi connectivity index (χ2n) is 5.02. The molecule has 0 aliphatic carbocycles. The number of likely N-dealkylation sites (N-methyl/N-ethyl adjacent to an activating group) is 1. The van der Waals surface area contributed by atoms with Crippen LogP contribution in [0.1, 0.15) is 13.8 Å². The monoisotopic (exact) mass is 281 g/mol. The third-order valence-corrected chi connectivity index (χ3v) is 3.15. The molecule has 0 saturated carbocycles. The van der Waals surface area contributed by atoms with Crippen LogP contribution >= 0.6 is 0 Å². The van der Waals surface area contributed by atoms with Gasteiger partial charge in [0.2, 0.25) is 11.8 Å². The van der Waals surface area contributed by atoms with Gasteiger partial charge in [0, 0.05) is 19.3 Å². The molecule has 1 aliphatic rings. The van der Waals surface area contributed by atoms with Crippen LogP contribution in [0.15, 0.2) is 12.3 Å². The fraction of sp³-hybridized carbons (Fsp3) is 0.615. The standard InChI is InChI=1S/C13H19N3O4/c1-8(2)20-11-4-5-14-13(15-11)16(3)10-7-19-6-9(10)12(17)18/h4-5,8-10H,6-7H2,1-3H3,(H,17,18). The van der Waals surface area contributed by atoms with Crippen molar-refractivity contribution in [3.63, 3.8) is 0 Å². The number of nitrogens with zero attached hydrogens (tertiary/aromatic N) is 3. The van der Waals surface area contributed by atoms with Crippen LogP contribution in [0.4, 0.5) is 5.95 Å². The third-order valence-electron chi connectivity index (χ3n) is 3.15. The van der Waals surface area contributed by atoms with Crippen LogP contribution in [0.5, 0.6) is 5.88 Å². The molecule has 1 aliphatic heterocycles. The van der Waals surface area contributed by atoms with Crippen LogP contribution < -0.4 is 9.64 Å². The molecule has 0 spiro atoms. The zero-order valence-electron chi connectivity index (χ0n) is 11.8. The molecule has 0 bridgehead atoms. The minimum Gasteiger partial charge on any atom is -0.481 e. The predicted molar refractivity (Wildman–Crippen MR) is 71.9 cm³/mol. The molecule has 110 valence electrons. The molecule has 7 heteroatoms. The Bertz CT molecular complexity index is 480. The lowest BCUT2D eigenvalue weighted by Gasteiger charge is -2.26. The quantitative estimate of drug-likeness (QED) is 0.854. The Morgan fingerprint density at radius 3 is 2.95 bits per heavy atom. The number of anilines is 1. The van der Waals surface area contributed by atoms with E-state index in [2.05, 4.69) is 9.97 Å². The summed E-state index contributed by atoms with van der Waals surface area (Å²) >= 11 is 0. The first-order valence-corrected chi connectivity index (χ1v) is 6.52. The Morgan fingerprint density at radius 2 is 2.30 bits per heavy atom. The summed E-state index contributed by atoms with van der Waals surface area (Å²) in [5, 5.41) is 9.18. The summed E-state index contributed by atoms with van der Waals surface area (Å²) in [6.45, 7) is 4.39. The van der Waals surface area contributed by atoms with Crippen molar-refractivity contribution in [2.75, 3.05) is 25.2 Å². The molecule has 20 heavy (non-hydrogen) atoms. The molecule has 0 aromatic carbocycles. The Balaban J connectivity index is 2.16. The molecular weight excluding hydrogens is 262 g/mol. The van der Waals surface area contributed by atoms with E-state index in [1.807, 2.05) is 13.8 Å². The Labute approximate surface area is 117 Å². The zero-order valence-corrected chi connectivity index (χ0v) is 11.8. The van der Waals surface area contributed by atoms with E-state index in [1.165, 1.54) is 0 Å². The van der Waals surface area contributed by atoms with Crippen molar-refractivity contribution < 1.29 is 19.4 Å². The molecule has 2 rings (SSSR count). The van der Waals surface area contributed by atoms with Crippen molar-refractivity contribution in [2.45, 2.75) is 26.0 Å². The molecular formula is C13H19N3O4. The van der Waals surface area contributed by atoms with Gasteiger partial charge in [-0.15, -0.1) is 0 Å². The first-order valence-electron chi connectivity index (χ1n) is 6.52. The Morgan fingerprint density at radius 1 is 1.55 bits per heavy atom. The SMILES string of the molecule is CC(C)Oc1ccnc(N(C)C2COCC2C(=O)O)n1. The highest BCUT2D eigenvalue weighted by atomic mass is 16.5. The minimum absolute atomic E-state index is 0.0182. The lowest BCUT2D eigenvalue weighted by Crippen LogP contribution is -2.41. The lowest BCUT2D eigenvalue weighted by molar-refractivity contribution is -0.141. The van der Waals surface area contributed by atoms with Gasteiger partial charge >= 0.3 is 5.97 Å². The van der Waals surface area contributed by atoms with Gasteiger partial charge in [0.05, 0.1) is 25.4 Å². The van der Waals surface area contributed by atoms with Crippen LogP contribution in [0, 0.1) is 5.92 Å². The predicted octanol–water partition coefficient (Wildman–Crippen LogP) is 0.800. The molecule has 1 aromatic rings. The number of hydrogen-bond acceptors (Lipinski definition) is 6. The highest BCUT2D eigenvalue weighted by Gasteiger charge is 2.37. The van der Waals surface area contributed by atoms with Gasteiger partial charge in [0.15, 0.2) is 0 Å². The number of rotatable bonds is 5. The molecule has 2 unspecified atom stereocenters. The lowest BCUT2D eigenvalue weighted by atomic mass is 10.0. The summed E-state index contributed by atoms with van der Waals surface area (Å²) in [7, 11) is 1.77. The van der Waals surface area contributed by atoms with E-state index in [1.54, 1.807) is 24.2 Å². The van der Waals surface area contributed by atoms with Crippen molar-refractivity contribution in [1.29, 1.82) is 0 Å². The molecule has 1 aromatic heterocycles. The fourth-order valence-corrected chi connectivity index (χ4v) is 2.12. The molecule has 1 fully saturated rings. The second kappa shape index (κ2) is 6.04. The van der Waals surface area contributed by atoms with Gasteiger partial charge in [-0.25, -0.2) is 4.98 Å². The first kappa shape index (κ1) is 14.5. The molecule has 0 amide bonds. The smallest absolute Gasteiger partial charge is 0.311 e. The average molecular weight is 281 g/mol. The maximum absolute atomic E-state index is 11.2. The molecule has 0 radical (unpaired) electrons. The van der Waals surface area contributed by atoms with Gasteiger partial charge in [-0.05, 0) is 13.8 Å². The molecule has 2 atom stereocenters. The van der Waals surface area contributed by atoms with Gasteiger partial charge in [0.25, 0.3) is 0 Å². The van der Waals surface area contributed by atoms with Crippen LogP contribution in [-0.4, -0.2) is 53.5 Å². The van der Waals surface area contributed by atoms with E-state index >= 15 is 0 Å². The highest BCUT2D eigenvalue weighted by Crippen LogP contribution is 2.23. The van der Waals surface area contributed by atoms with Gasteiger partial charge in [0.1, 0.15) is 5.92 Å². The van der Waals surface area contributed by atoms with Crippen molar-refractivity contribution in [2.24, 2.45) is 5.92 Å². The van der Waals surface area contributed by atoms with Gasteiger partial charge in [-0.2, -0.15) is 4.98 Å². The Hall–Kier alpha value is -1.89. The van der Waals surface area contributed by atoms with E-state index in [0.717, 1.165) is 0 Å². The largest absolute Gasteiger partial charge is 0.481 e. The summed E-state index contributed by atoms with van der Waals surface area (Å²) in [5.74, 6) is -0.528. The van der Waals surface area contributed by atoms with Crippen LogP contribution in [0.2, 0.25) is 0 Å². The van der Waals surface area contributed by atoms with E-state index in [4.69, 9.17) is 9.47 Å². The average Bonchev–Trinajstić information content (AvgIpc) is 2.86. The summed E-state index contributed by atoms with van der Waals surface area (Å²) < 4.78 is 10.8. The van der Waals surface area contributed by atoms with E-state index < -0.39 is 11.9 Å². The van der Waals surface area contributed by atoms with Gasteiger partial charge in [-0.1, -0.05) is 0 Å². The number of carboxylic acid groups (broad SMARTS) is 1. The number of carbonyl (C=O) groups is 1. The second-order valence-corrected chi connectivity index (χ2v) is 5.02. The van der Waals surface area contributed by atoms with Crippen molar-refractivity contribution in [3.8, 4) is 5.88 Å². The minimum atomic E-state index is -0.867. The fourth-order valence-electron chi connectivity index (χ4n) is 2.12. The highest BCUT2D eigenvalue weighted by molar-refractivity contribution is 5.72. The van der Waals surface area contributed by atoms with Gasteiger partial charge < -0.3 is 19.5 Å². The van der Waals surface area contributed by atoms with Crippen molar-refractivity contribution >= 4 is 11.9 Å². The normalized spacial score (nSPS) is 22.0. The summed E-state index contributed by atoms with van der Waals surface area (Å²) in [6.07, 6.45) is 1.62. The number of hydrogen-bond donors (Lipinski definition) is 1. The van der Waals surface area contributed by atoms with Crippen molar-refractivity contribution in [3.05, 3.63) is 12.3 Å². The van der Waals surface area contributed by atoms with Crippen molar-refractivity contribution in [1.82, 2.24) is 9.97 Å². The van der Waals surface area contributed by atoms with E-state index in [-0.39, 0.29) is 18.8 Å². The number of carboxylic acids is 1. The van der Waals surface area contributed by atoms with Crippen LogP contribution in [0.3, 0.4) is 0 Å². The number of ether oxygens (including phenoxy) is 2. The first-order chi connectivity index (χ1) is 9.49. The van der Waals surface area contributed by atoms with Crippen LogP contribution in [-0.2, 0) is 9.53 Å². The molecule has 2 heterocycles. The maximum atomic E-state index is 11.2. The van der Waals surface area contributed by atoms with E-state index in [0.29, 0.717) is 18.4 Å². The summed E-state index contributed by atoms with van der Waals surface area (Å²) in [4.78, 5) is 21.4. The van der Waals surface area contributed by atoms with Crippen LogP contribution in [0.25, 0.3) is 0 Å². The third kappa shape index (κ3) is 3.16. The summed E-state index contributed by atoms with van der Waals surface area (Å²) in [5.41, 5.74) is 0. The number of aliphatic carboxylic acids is 1. The molecule has 1 N–H and O–H groups in total. The summed E-state index contributed by atoms with van der Waals surface area (Å²) in [6, 6.07) is 1.40. The zero-order chi connectivity index (χ0) is 14.7.